The molecule has 3 heterocycles. The van der Waals surface area contributed by atoms with Crippen LogP contribution in [0.15, 0.2) is 53.0 Å². The molecular formula is C22H23N3O5S. The summed E-state index contributed by atoms with van der Waals surface area (Å²) >= 11 is 1.63. The number of hydrogen-bond donors (Lipinski definition) is 2. The summed E-state index contributed by atoms with van der Waals surface area (Å²) in [4.78, 5) is 40.1. The fraction of sp³-hybridized carbons (Fsp3) is 0.318. The van der Waals surface area contributed by atoms with Gasteiger partial charge in [-0.05, 0) is 42.5 Å². The Morgan fingerprint density at radius 1 is 1.29 bits per heavy atom. The van der Waals surface area contributed by atoms with Crippen LogP contribution in [0.2, 0.25) is 0 Å². The summed E-state index contributed by atoms with van der Waals surface area (Å²) in [6.45, 7) is 2.71. The van der Waals surface area contributed by atoms with E-state index < -0.39 is 18.0 Å². The van der Waals surface area contributed by atoms with Crippen LogP contribution in [0.25, 0.3) is 0 Å². The molecule has 2 aliphatic heterocycles. The lowest BCUT2D eigenvalue weighted by atomic mass is 9.95. The Morgan fingerprint density at radius 3 is 2.81 bits per heavy atom. The van der Waals surface area contributed by atoms with Crippen LogP contribution >= 0.6 is 11.3 Å². The number of amides is 3. The monoisotopic (exact) mass is 441 g/mol. The highest BCUT2D eigenvalue weighted by Crippen LogP contribution is 2.35. The van der Waals surface area contributed by atoms with Gasteiger partial charge in [-0.1, -0.05) is 18.2 Å². The number of benzene rings is 1. The molecule has 8 nitrogen and oxygen atoms in total. The van der Waals surface area contributed by atoms with Crippen molar-refractivity contribution < 1.29 is 23.9 Å². The van der Waals surface area contributed by atoms with E-state index in [0.29, 0.717) is 30.2 Å². The van der Waals surface area contributed by atoms with E-state index in [1.165, 1.54) is 9.78 Å². The maximum Gasteiger partial charge on any atom is 0.338 e. The van der Waals surface area contributed by atoms with Crippen LogP contribution in [0.5, 0.6) is 5.75 Å². The zero-order valence-electron chi connectivity index (χ0n) is 17.1. The maximum absolute atomic E-state index is 12.8. The van der Waals surface area contributed by atoms with Crippen molar-refractivity contribution in [1.29, 1.82) is 0 Å². The SMILES string of the molecule is CCOc1ccc([C@H]2NC(=O)N(CC(=O)NCCc3cccs3)C3=C2C(=O)OC3)cc1. The van der Waals surface area contributed by atoms with Crippen LogP contribution in [-0.2, 0) is 20.7 Å². The molecule has 31 heavy (non-hydrogen) atoms. The van der Waals surface area contributed by atoms with Gasteiger partial charge in [-0.3, -0.25) is 9.69 Å². The number of hydrogen-bond acceptors (Lipinski definition) is 6. The molecule has 0 spiro atoms. The highest BCUT2D eigenvalue weighted by atomic mass is 32.1. The zero-order chi connectivity index (χ0) is 21.8. The van der Waals surface area contributed by atoms with Gasteiger partial charge in [0.05, 0.1) is 23.9 Å². The Balaban J connectivity index is 1.47. The second-order valence-electron chi connectivity index (χ2n) is 7.09. The molecule has 2 N–H and O–H groups in total. The van der Waals surface area contributed by atoms with E-state index in [9.17, 15) is 14.4 Å². The molecule has 2 aromatic rings. The second-order valence-corrected chi connectivity index (χ2v) is 8.12. The van der Waals surface area contributed by atoms with Crippen molar-refractivity contribution in [3.63, 3.8) is 0 Å². The van der Waals surface area contributed by atoms with E-state index in [1.807, 2.05) is 24.4 Å². The largest absolute Gasteiger partial charge is 0.494 e. The standard InChI is InChI=1S/C22H23N3O5S/c1-2-29-15-7-5-14(6-8-15)20-19-17(13-30-21(19)27)25(22(28)24-20)12-18(26)23-10-9-16-4-3-11-31-16/h3-8,11,20H,2,9-10,12-13H2,1H3,(H,23,26)(H,24,28)/t20-/m1/s1. The number of rotatable bonds is 8. The van der Waals surface area contributed by atoms with Gasteiger partial charge in [0.2, 0.25) is 5.91 Å². The molecule has 1 aromatic heterocycles. The Bertz CT molecular complexity index is 1000. The second kappa shape index (κ2) is 9.22. The van der Waals surface area contributed by atoms with Crippen molar-refractivity contribution in [1.82, 2.24) is 15.5 Å². The average molecular weight is 442 g/mol. The van der Waals surface area contributed by atoms with Gasteiger partial charge in [0, 0.05) is 11.4 Å². The van der Waals surface area contributed by atoms with E-state index >= 15 is 0 Å². The van der Waals surface area contributed by atoms with Crippen LogP contribution < -0.4 is 15.4 Å². The molecule has 1 atom stereocenters. The third kappa shape index (κ3) is 4.56. The number of urea groups is 1. The van der Waals surface area contributed by atoms with Crippen molar-refractivity contribution >= 4 is 29.2 Å². The molecule has 0 aliphatic carbocycles. The number of ether oxygens (including phenoxy) is 2. The molecule has 0 radical (unpaired) electrons. The molecule has 9 heteroatoms. The minimum atomic E-state index is -0.633. The van der Waals surface area contributed by atoms with Gasteiger partial charge in [-0.2, -0.15) is 0 Å². The highest BCUT2D eigenvalue weighted by molar-refractivity contribution is 7.09. The topological polar surface area (TPSA) is 97.0 Å². The smallest absolute Gasteiger partial charge is 0.338 e. The summed E-state index contributed by atoms with van der Waals surface area (Å²) in [7, 11) is 0. The van der Waals surface area contributed by atoms with Crippen LogP contribution in [0.3, 0.4) is 0 Å². The third-order valence-corrected chi connectivity index (χ3v) is 6.03. The lowest BCUT2D eigenvalue weighted by molar-refractivity contribution is -0.136. The quantitative estimate of drug-likeness (QED) is 0.613. The predicted octanol–water partition coefficient (Wildman–Crippen LogP) is 2.38. The fourth-order valence-electron chi connectivity index (χ4n) is 3.63. The summed E-state index contributed by atoms with van der Waals surface area (Å²) < 4.78 is 10.7. The van der Waals surface area contributed by atoms with Crippen molar-refractivity contribution in [2.45, 2.75) is 19.4 Å². The van der Waals surface area contributed by atoms with E-state index in [0.717, 1.165) is 12.0 Å². The zero-order valence-corrected chi connectivity index (χ0v) is 17.9. The van der Waals surface area contributed by atoms with E-state index in [-0.39, 0.29) is 19.1 Å². The number of thiophene rings is 1. The molecule has 0 fully saturated rings. The Hall–Kier alpha value is -3.33. The molecule has 4 rings (SSSR count). The van der Waals surface area contributed by atoms with Crippen LogP contribution in [0.1, 0.15) is 23.4 Å². The van der Waals surface area contributed by atoms with Gasteiger partial charge in [0.25, 0.3) is 0 Å². The maximum atomic E-state index is 12.8. The number of esters is 1. The van der Waals surface area contributed by atoms with E-state index in [4.69, 9.17) is 9.47 Å². The number of carbonyl (C=O) groups is 3. The Kier molecular flexibility index (Phi) is 6.22. The average Bonchev–Trinajstić information content (AvgIpc) is 3.41. The number of cyclic esters (lactones) is 1. The molecule has 3 amide bonds. The summed E-state index contributed by atoms with van der Waals surface area (Å²) in [5, 5.41) is 7.64. The molecule has 162 valence electrons. The molecule has 2 aliphatic rings. The lowest BCUT2D eigenvalue weighted by Crippen LogP contribution is -2.50. The van der Waals surface area contributed by atoms with E-state index in [1.54, 1.807) is 35.6 Å². The predicted molar refractivity (Wildman–Crippen MR) is 115 cm³/mol. The summed E-state index contributed by atoms with van der Waals surface area (Å²) in [6, 6.07) is 10.1. The van der Waals surface area contributed by atoms with Crippen LogP contribution in [0, 0.1) is 0 Å². The summed E-state index contributed by atoms with van der Waals surface area (Å²) in [5.74, 6) is -0.0770. The first-order chi connectivity index (χ1) is 15.1. The molecule has 1 aromatic carbocycles. The van der Waals surface area contributed by atoms with Gasteiger partial charge in [0.15, 0.2) is 0 Å². The number of nitrogens with zero attached hydrogens (tertiary/aromatic N) is 1. The summed E-state index contributed by atoms with van der Waals surface area (Å²) in [5.41, 5.74) is 1.53. The molecule has 0 saturated heterocycles. The van der Waals surface area contributed by atoms with E-state index in [2.05, 4.69) is 10.6 Å². The molecule has 0 bridgehead atoms. The minimum Gasteiger partial charge on any atom is -0.494 e. The molecular weight excluding hydrogens is 418 g/mol. The Morgan fingerprint density at radius 2 is 2.10 bits per heavy atom. The highest BCUT2D eigenvalue weighted by Gasteiger charge is 2.42. The third-order valence-electron chi connectivity index (χ3n) is 5.10. The van der Waals surface area contributed by atoms with Crippen LogP contribution in [-0.4, -0.2) is 49.1 Å². The van der Waals surface area contributed by atoms with Crippen molar-refractivity contribution in [3.8, 4) is 5.75 Å². The fourth-order valence-corrected chi connectivity index (χ4v) is 4.34. The van der Waals surface area contributed by atoms with Gasteiger partial charge in [0.1, 0.15) is 18.9 Å². The lowest BCUT2D eigenvalue weighted by Gasteiger charge is -2.32. The van der Waals surface area contributed by atoms with Gasteiger partial charge >= 0.3 is 12.0 Å². The van der Waals surface area contributed by atoms with Gasteiger partial charge in [-0.25, -0.2) is 9.59 Å². The number of carbonyl (C=O) groups excluding carboxylic acids is 3. The normalized spacial score (nSPS) is 17.8. The van der Waals surface area contributed by atoms with Crippen LogP contribution in [0.4, 0.5) is 4.79 Å². The minimum absolute atomic E-state index is 0.0302. The van der Waals surface area contributed by atoms with Gasteiger partial charge in [-0.15, -0.1) is 11.3 Å². The molecule has 0 saturated carbocycles. The Labute approximate surface area is 183 Å². The molecule has 0 unspecified atom stereocenters. The summed E-state index contributed by atoms with van der Waals surface area (Å²) in [6.07, 6.45) is 0.727. The van der Waals surface area contributed by atoms with Crippen molar-refractivity contribution in [2.75, 3.05) is 26.3 Å². The number of nitrogens with one attached hydrogen (secondary N) is 2. The van der Waals surface area contributed by atoms with Gasteiger partial charge < -0.3 is 20.1 Å². The first kappa shape index (κ1) is 20.9. The van der Waals surface area contributed by atoms with Crippen molar-refractivity contribution in [3.05, 3.63) is 63.5 Å². The first-order valence-electron chi connectivity index (χ1n) is 10.1. The van der Waals surface area contributed by atoms with Crippen molar-refractivity contribution in [2.24, 2.45) is 0 Å². The first-order valence-corrected chi connectivity index (χ1v) is 10.9.